The Balaban J connectivity index is 2.28. The summed E-state index contributed by atoms with van der Waals surface area (Å²) in [5.74, 6) is 0.654. The summed E-state index contributed by atoms with van der Waals surface area (Å²) in [6.45, 7) is 9.03. The summed E-state index contributed by atoms with van der Waals surface area (Å²) in [4.78, 5) is 0. The summed E-state index contributed by atoms with van der Waals surface area (Å²) in [5, 5.41) is 3.15. The predicted octanol–water partition coefficient (Wildman–Crippen LogP) is 3.50. The molecule has 0 aromatic heterocycles. The molecule has 1 aliphatic rings. The second-order valence-corrected chi connectivity index (χ2v) is 6.46. The van der Waals surface area contributed by atoms with Gasteiger partial charge in [0.05, 0.1) is 0 Å². The lowest BCUT2D eigenvalue weighted by molar-refractivity contribution is 0.790. The largest absolute Gasteiger partial charge is 0.117 e. The number of aryl methyl sites for hydroxylation is 1. The van der Waals surface area contributed by atoms with Gasteiger partial charge in [0.25, 0.3) is 0 Å². The maximum absolute atomic E-state index is 2.32. The van der Waals surface area contributed by atoms with E-state index in [0.717, 1.165) is 15.9 Å². The molecule has 0 fully saturated rings. The molecule has 0 N–H and O–H groups in total. The average molecular weight is 240 g/mol. The normalized spacial score (nSPS) is 15.1. The van der Waals surface area contributed by atoms with Crippen LogP contribution in [0.4, 0.5) is 0 Å². The van der Waals surface area contributed by atoms with Crippen LogP contribution in [0, 0.1) is 19.8 Å². The maximum Gasteiger partial charge on any atom is 0.117 e. The molecule has 2 radical (unpaired) electrons. The molecule has 0 amide bonds. The van der Waals surface area contributed by atoms with Crippen molar-refractivity contribution in [1.82, 2.24) is 0 Å². The van der Waals surface area contributed by atoms with Crippen molar-refractivity contribution in [2.45, 2.75) is 34.1 Å². The van der Waals surface area contributed by atoms with Gasteiger partial charge >= 0.3 is 0 Å². The predicted molar refractivity (Wildman–Crippen MR) is 76.9 cm³/mol. The zero-order chi connectivity index (χ0) is 12.4. The smallest absolute Gasteiger partial charge is 0.0806 e. The molecule has 0 spiro atoms. The van der Waals surface area contributed by atoms with E-state index in [1.165, 1.54) is 16.3 Å². The van der Waals surface area contributed by atoms with Gasteiger partial charge in [0.15, 0.2) is 0 Å². The van der Waals surface area contributed by atoms with Crippen LogP contribution in [0.2, 0.25) is 0 Å². The van der Waals surface area contributed by atoms with E-state index in [4.69, 9.17) is 0 Å². The summed E-state index contributed by atoms with van der Waals surface area (Å²) in [7, 11) is 0.844. The summed E-state index contributed by atoms with van der Waals surface area (Å²) < 4.78 is 0. The minimum absolute atomic E-state index is 0.654. The van der Waals surface area contributed by atoms with Gasteiger partial charge in [0, 0.05) is 0 Å². The highest BCUT2D eigenvalue weighted by Crippen LogP contribution is 2.24. The molecule has 1 aromatic carbocycles. The van der Waals surface area contributed by atoms with Gasteiger partial charge in [-0.05, 0) is 37.3 Å². The van der Waals surface area contributed by atoms with Crippen molar-refractivity contribution in [2.75, 3.05) is 0 Å². The molecule has 0 atom stereocenters. The second kappa shape index (κ2) is 5.05. The Morgan fingerprint density at radius 1 is 1.18 bits per heavy atom. The van der Waals surface area contributed by atoms with E-state index in [9.17, 15) is 0 Å². The molecular formula is C16H20Si. The Kier molecular flexibility index (Phi) is 3.68. The van der Waals surface area contributed by atoms with Gasteiger partial charge in [-0.3, -0.25) is 0 Å². The van der Waals surface area contributed by atoms with Gasteiger partial charge in [-0.1, -0.05) is 60.2 Å². The molecule has 0 saturated carbocycles. The van der Waals surface area contributed by atoms with Crippen molar-refractivity contribution >= 4 is 14.7 Å². The first kappa shape index (κ1) is 12.4. The minimum Gasteiger partial charge on any atom is -0.0806 e. The van der Waals surface area contributed by atoms with Crippen LogP contribution < -0.4 is 5.19 Å². The quantitative estimate of drug-likeness (QED) is 0.709. The summed E-state index contributed by atoms with van der Waals surface area (Å²) >= 11 is 0. The fourth-order valence-electron chi connectivity index (χ4n) is 2.24. The van der Waals surface area contributed by atoms with Crippen LogP contribution in [-0.4, -0.2) is 9.52 Å². The summed E-state index contributed by atoms with van der Waals surface area (Å²) in [6.07, 6.45) is 5.78. The van der Waals surface area contributed by atoms with Gasteiger partial charge in [0.2, 0.25) is 0 Å². The number of hydrogen-bond acceptors (Lipinski definition) is 0. The minimum atomic E-state index is 0.654. The second-order valence-electron chi connectivity index (χ2n) is 5.07. The van der Waals surface area contributed by atoms with Gasteiger partial charge < -0.3 is 0 Å². The average Bonchev–Trinajstić information content (AvgIpc) is 2.73. The van der Waals surface area contributed by atoms with Crippen molar-refractivity contribution in [3.8, 4) is 0 Å². The Morgan fingerprint density at radius 3 is 2.65 bits per heavy atom. The lowest BCUT2D eigenvalue weighted by atomic mass is 10.1. The molecule has 0 heterocycles. The molecule has 88 valence electrons. The SMILES string of the molecule is Cc1cccc([Si]C2=C(C(C)C)C=CC2)c1C. The van der Waals surface area contributed by atoms with Crippen molar-refractivity contribution in [3.05, 3.63) is 52.2 Å². The Morgan fingerprint density at radius 2 is 1.94 bits per heavy atom. The van der Waals surface area contributed by atoms with Crippen LogP contribution in [0.3, 0.4) is 0 Å². The highest BCUT2D eigenvalue weighted by atomic mass is 28.2. The lowest BCUT2D eigenvalue weighted by Gasteiger charge is -2.12. The molecule has 0 unspecified atom stereocenters. The van der Waals surface area contributed by atoms with Gasteiger partial charge in [-0.15, -0.1) is 0 Å². The zero-order valence-electron chi connectivity index (χ0n) is 11.2. The summed E-state index contributed by atoms with van der Waals surface area (Å²) in [5.41, 5.74) is 4.44. The van der Waals surface area contributed by atoms with Crippen molar-refractivity contribution < 1.29 is 0 Å². The van der Waals surface area contributed by atoms with E-state index in [-0.39, 0.29) is 0 Å². The molecule has 2 rings (SSSR count). The van der Waals surface area contributed by atoms with Gasteiger partial charge in [-0.25, -0.2) is 0 Å². The van der Waals surface area contributed by atoms with Crippen LogP contribution in [0.1, 0.15) is 31.4 Å². The van der Waals surface area contributed by atoms with E-state index in [1.807, 2.05) is 0 Å². The molecule has 17 heavy (non-hydrogen) atoms. The molecule has 0 nitrogen and oxygen atoms in total. The third-order valence-corrected chi connectivity index (χ3v) is 5.09. The van der Waals surface area contributed by atoms with Crippen LogP contribution in [0.15, 0.2) is 41.1 Å². The highest BCUT2D eigenvalue weighted by molar-refractivity contribution is 6.62. The third-order valence-electron chi connectivity index (χ3n) is 3.48. The first-order valence-corrected chi connectivity index (χ1v) is 7.32. The Hall–Kier alpha value is -1.08. The zero-order valence-corrected chi connectivity index (χ0v) is 12.2. The molecule has 1 heteroatoms. The van der Waals surface area contributed by atoms with Crippen molar-refractivity contribution in [2.24, 2.45) is 5.92 Å². The van der Waals surface area contributed by atoms with Crippen LogP contribution in [-0.2, 0) is 0 Å². The summed E-state index contributed by atoms with van der Waals surface area (Å²) in [6, 6.07) is 6.67. The van der Waals surface area contributed by atoms with E-state index >= 15 is 0 Å². The van der Waals surface area contributed by atoms with Gasteiger partial charge in [0.1, 0.15) is 9.52 Å². The topological polar surface area (TPSA) is 0 Å². The first-order chi connectivity index (χ1) is 8.09. The van der Waals surface area contributed by atoms with E-state index in [1.54, 1.807) is 10.8 Å². The third kappa shape index (κ3) is 2.60. The van der Waals surface area contributed by atoms with Crippen molar-refractivity contribution in [1.29, 1.82) is 0 Å². The molecule has 0 aliphatic heterocycles. The Labute approximate surface area is 107 Å². The number of benzene rings is 1. The molecule has 0 bridgehead atoms. The molecule has 1 aromatic rings. The Bertz CT molecular complexity index is 478. The monoisotopic (exact) mass is 240 g/mol. The highest BCUT2D eigenvalue weighted by Gasteiger charge is 2.14. The molecule has 1 aliphatic carbocycles. The van der Waals surface area contributed by atoms with Gasteiger partial charge in [-0.2, -0.15) is 0 Å². The molecule has 0 saturated heterocycles. The van der Waals surface area contributed by atoms with Crippen LogP contribution in [0.25, 0.3) is 0 Å². The number of rotatable bonds is 3. The fourth-order valence-corrected chi connectivity index (χ4v) is 3.86. The lowest BCUT2D eigenvalue weighted by Crippen LogP contribution is -2.21. The maximum atomic E-state index is 2.32. The number of hydrogen-bond donors (Lipinski definition) is 0. The van der Waals surface area contributed by atoms with E-state index in [0.29, 0.717) is 5.92 Å². The van der Waals surface area contributed by atoms with Crippen LogP contribution >= 0.6 is 0 Å². The van der Waals surface area contributed by atoms with E-state index < -0.39 is 0 Å². The fraction of sp³-hybridized carbons (Fsp3) is 0.375. The standard InChI is InChI=1S/C16H20Si/c1-11(2)14-8-6-10-16(14)17-15-9-5-7-12(3)13(15)4/h5-9,11H,10H2,1-4H3. The van der Waals surface area contributed by atoms with Crippen LogP contribution in [0.5, 0.6) is 0 Å². The number of allylic oxidation sites excluding steroid dienone is 4. The van der Waals surface area contributed by atoms with E-state index in [2.05, 4.69) is 58.0 Å². The molecular weight excluding hydrogens is 220 g/mol. The van der Waals surface area contributed by atoms with Crippen molar-refractivity contribution in [3.63, 3.8) is 0 Å². The first-order valence-electron chi connectivity index (χ1n) is 6.32.